The van der Waals surface area contributed by atoms with Gasteiger partial charge in [-0.15, -0.1) is 0 Å². The van der Waals surface area contributed by atoms with E-state index in [-0.39, 0.29) is 28.8 Å². The van der Waals surface area contributed by atoms with Crippen molar-refractivity contribution in [2.45, 2.75) is 13.0 Å². The molecule has 1 aromatic carbocycles. The highest BCUT2D eigenvalue weighted by Gasteiger charge is 2.17. The molecule has 4 rings (SSSR count). The van der Waals surface area contributed by atoms with Crippen LogP contribution in [0.25, 0.3) is 5.65 Å². The van der Waals surface area contributed by atoms with Crippen LogP contribution in [0.4, 0.5) is 5.69 Å². The highest BCUT2D eigenvalue weighted by Crippen LogP contribution is 2.20. The number of H-pyrrole nitrogens is 1. The highest BCUT2D eigenvalue weighted by atomic mass is 16.2. The second-order valence-electron chi connectivity index (χ2n) is 7.22. The molecule has 1 saturated heterocycles. The molecule has 146 valence electrons. The van der Waals surface area contributed by atoms with Gasteiger partial charge in [0.05, 0.1) is 6.04 Å². The van der Waals surface area contributed by atoms with Gasteiger partial charge in [0, 0.05) is 50.5 Å². The largest absolute Gasteiger partial charge is 0.369 e. The fourth-order valence-electron chi connectivity index (χ4n) is 3.43. The molecule has 1 fully saturated rings. The summed E-state index contributed by atoms with van der Waals surface area (Å²) in [6, 6.07) is 8.14. The first-order valence-electron chi connectivity index (χ1n) is 9.42. The van der Waals surface area contributed by atoms with E-state index in [9.17, 15) is 9.59 Å². The van der Waals surface area contributed by atoms with Gasteiger partial charge in [0.2, 0.25) is 5.65 Å². The van der Waals surface area contributed by atoms with Crippen LogP contribution in [0.5, 0.6) is 0 Å². The van der Waals surface area contributed by atoms with Gasteiger partial charge >= 0.3 is 0 Å². The van der Waals surface area contributed by atoms with Gasteiger partial charge in [-0.1, -0.05) is 12.1 Å². The molecule has 1 aliphatic heterocycles. The van der Waals surface area contributed by atoms with Gasteiger partial charge in [-0.25, -0.2) is 4.98 Å². The third-order valence-electron chi connectivity index (χ3n) is 5.23. The Kier molecular flexibility index (Phi) is 4.87. The molecule has 2 aromatic heterocycles. The molecule has 0 saturated carbocycles. The molecular formula is C20H24N6O2. The first kappa shape index (κ1) is 18.2. The fraction of sp³-hybridized carbons (Fsp3) is 0.350. The lowest BCUT2D eigenvalue weighted by Gasteiger charge is -2.34. The van der Waals surface area contributed by atoms with Crippen LogP contribution in [0.2, 0.25) is 0 Å². The van der Waals surface area contributed by atoms with Crippen molar-refractivity contribution in [2.75, 3.05) is 38.1 Å². The van der Waals surface area contributed by atoms with E-state index in [1.807, 2.05) is 19.1 Å². The molecule has 0 aliphatic carbocycles. The molecule has 1 amide bonds. The lowest BCUT2D eigenvalue weighted by molar-refractivity contribution is 0.0935. The number of benzene rings is 1. The maximum atomic E-state index is 12.5. The summed E-state index contributed by atoms with van der Waals surface area (Å²) in [6.45, 7) is 6.11. The monoisotopic (exact) mass is 380 g/mol. The number of piperazine rings is 1. The summed E-state index contributed by atoms with van der Waals surface area (Å²) < 4.78 is 1.54. The average molecular weight is 380 g/mol. The highest BCUT2D eigenvalue weighted by molar-refractivity contribution is 5.93. The second-order valence-corrected chi connectivity index (χ2v) is 7.22. The van der Waals surface area contributed by atoms with Gasteiger partial charge in [0.15, 0.2) is 0 Å². The van der Waals surface area contributed by atoms with Gasteiger partial charge in [-0.2, -0.15) is 0 Å². The first-order valence-corrected chi connectivity index (χ1v) is 9.42. The minimum Gasteiger partial charge on any atom is -0.369 e. The van der Waals surface area contributed by atoms with Crippen LogP contribution < -0.4 is 15.8 Å². The van der Waals surface area contributed by atoms with E-state index in [0.29, 0.717) is 0 Å². The molecule has 1 atom stereocenters. The summed E-state index contributed by atoms with van der Waals surface area (Å²) in [5.41, 5.74) is 2.33. The first-order chi connectivity index (χ1) is 13.5. The van der Waals surface area contributed by atoms with Crippen molar-refractivity contribution in [2.24, 2.45) is 0 Å². The van der Waals surface area contributed by atoms with Gasteiger partial charge < -0.3 is 24.5 Å². The van der Waals surface area contributed by atoms with Crippen molar-refractivity contribution in [3.05, 3.63) is 64.5 Å². The molecule has 0 bridgehead atoms. The van der Waals surface area contributed by atoms with E-state index in [2.05, 4.69) is 44.3 Å². The Hall–Kier alpha value is -3.13. The number of carbonyl (C=O) groups excluding carboxylic acids is 1. The number of aromatic nitrogens is 3. The predicted molar refractivity (Wildman–Crippen MR) is 108 cm³/mol. The normalized spacial score (nSPS) is 16.3. The number of amides is 1. The Morgan fingerprint density at radius 1 is 1.18 bits per heavy atom. The maximum Gasteiger partial charge on any atom is 0.291 e. The fourth-order valence-corrected chi connectivity index (χ4v) is 3.43. The van der Waals surface area contributed by atoms with Crippen molar-refractivity contribution in [1.29, 1.82) is 0 Å². The Balaban J connectivity index is 1.43. The van der Waals surface area contributed by atoms with Gasteiger partial charge in [-0.05, 0) is 31.7 Å². The third kappa shape index (κ3) is 3.63. The predicted octanol–water partition coefficient (Wildman–Crippen LogP) is 1.27. The number of likely N-dealkylation sites (N-methyl/N-ethyl adjacent to an activating group) is 1. The van der Waals surface area contributed by atoms with Crippen molar-refractivity contribution < 1.29 is 4.79 Å². The molecule has 0 radical (unpaired) electrons. The van der Waals surface area contributed by atoms with Crippen LogP contribution in [-0.4, -0.2) is 58.4 Å². The SMILES string of the molecule is CC(NC(=O)c1cn2cc[nH]c(=O)c2n1)c1ccc(N2CCN(C)CC2)cc1. The molecule has 3 aromatic rings. The number of hydrogen-bond donors (Lipinski definition) is 2. The maximum absolute atomic E-state index is 12.5. The summed E-state index contributed by atoms with van der Waals surface area (Å²) in [5, 5.41) is 2.95. The molecule has 0 spiro atoms. The number of nitrogens with one attached hydrogen (secondary N) is 2. The number of imidazole rings is 1. The van der Waals surface area contributed by atoms with Crippen molar-refractivity contribution in [1.82, 2.24) is 24.6 Å². The van der Waals surface area contributed by atoms with Crippen LogP contribution in [0.15, 0.2) is 47.7 Å². The second kappa shape index (κ2) is 7.47. The summed E-state index contributed by atoms with van der Waals surface area (Å²) in [6.07, 6.45) is 4.73. The minimum absolute atomic E-state index is 0.169. The van der Waals surface area contributed by atoms with Crippen molar-refractivity contribution in [3.63, 3.8) is 0 Å². The zero-order chi connectivity index (χ0) is 19.7. The standard InChI is InChI=1S/C20H24N6O2/c1-14(15-3-5-16(6-4-15)25-11-9-24(2)10-12-25)22-19(27)17-13-26-8-7-21-20(28)18(26)23-17/h3-8,13-14H,9-12H2,1-2H3,(H,21,28)(H,22,27). The Labute approximate surface area is 162 Å². The summed E-state index contributed by atoms with van der Waals surface area (Å²) >= 11 is 0. The molecule has 3 heterocycles. The molecule has 28 heavy (non-hydrogen) atoms. The van der Waals surface area contributed by atoms with Crippen LogP contribution in [0.3, 0.4) is 0 Å². The van der Waals surface area contributed by atoms with Crippen LogP contribution in [0, 0.1) is 0 Å². The van der Waals surface area contributed by atoms with Gasteiger partial charge in [0.1, 0.15) is 5.69 Å². The van der Waals surface area contributed by atoms with Crippen molar-refractivity contribution >= 4 is 17.2 Å². The van der Waals surface area contributed by atoms with Crippen molar-refractivity contribution in [3.8, 4) is 0 Å². The Bertz CT molecular complexity index is 1030. The number of carbonyl (C=O) groups is 1. The zero-order valence-corrected chi connectivity index (χ0v) is 16.1. The number of hydrogen-bond acceptors (Lipinski definition) is 5. The minimum atomic E-state index is -0.325. The third-order valence-corrected chi connectivity index (χ3v) is 5.23. The molecule has 1 aliphatic rings. The van der Waals surface area contributed by atoms with Gasteiger partial charge in [0.25, 0.3) is 11.5 Å². The van der Waals surface area contributed by atoms with E-state index in [0.717, 1.165) is 31.7 Å². The molecule has 8 nitrogen and oxygen atoms in total. The number of anilines is 1. The van der Waals surface area contributed by atoms with E-state index in [1.54, 1.807) is 16.8 Å². The Morgan fingerprint density at radius 2 is 1.89 bits per heavy atom. The quantitative estimate of drug-likeness (QED) is 0.712. The van der Waals surface area contributed by atoms with Crippen LogP contribution >= 0.6 is 0 Å². The smallest absolute Gasteiger partial charge is 0.291 e. The summed E-state index contributed by atoms with van der Waals surface area (Å²) in [7, 11) is 2.14. The van der Waals surface area contributed by atoms with E-state index < -0.39 is 0 Å². The lowest BCUT2D eigenvalue weighted by Crippen LogP contribution is -2.44. The average Bonchev–Trinajstić information content (AvgIpc) is 3.15. The summed E-state index contributed by atoms with van der Waals surface area (Å²) in [4.78, 5) is 35.7. The number of aromatic amines is 1. The van der Waals surface area contributed by atoms with Crippen LogP contribution in [-0.2, 0) is 0 Å². The lowest BCUT2D eigenvalue weighted by atomic mass is 10.1. The number of rotatable bonds is 4. The molecule has 2 N–H and O–H groups in total. The van der Waals surface area contributed by atoms with E-state index >= 15 is 0 Å². The molecule has 8 heteroatoms. The topological polar surface area (TPSA) is 85.7 Å². The summed E-state index contributed by atoms with van der Waals surface area (Å²) in [5.74, 6) is -0.307. The van der Waals surface area contributed by atoms with E-state index in [4.69, 9.17) is 0 Å². The number of fused-ring (bicyclic) bond motifs is 1. The van der Waals surface area contributed by atoms with E-state index in [1.165, 1.54) is 11.9 Å². The van der Waals surface area contributed by atoms with Gasteiger partial charge in [-0.3, -0.25) is 9.59 Å². The van der Waals surface area contributed by atoms with Crippen LogP contribution in [0.1, 0.15) is 29.0 Å². The molecular weight excluding hydrogens is 356 g/mol. The number of nitrogens with zero attached hydrogens (tertiary/aromatic N) is 4. The molecule has 1 unspecified atom stereocenters. The zero-order valence-electron chi connectivity index (χ0n) is 16.1. The Morgan fingerprint density at radius 3 is 2.57 bits per heavy atom.